The van der Waals surface area contributed by atoms with E-state index in [2.05, 4.69) is 15.5 Å². The Morgan fingerprint density at radius 1 is 0.966 bits per heavy atom. The fourth-order valence-electron chi connectivity index (χ4n) is 4.82. The summed E-state index contributed by atoms with van der Waals surface area (Å²) in [6.07, 6.45) is 1.58. The number of carbonyl (C=O) groups is 4. The minimum atomic E-state index is -0.916. The number of imide groups is 2. The second-order valence-corrected chi connectivity index (χ2v) is 8.65. The van der Waals surface area contributed by atoms with Gasteiger partial charge in [0.2, 0.25) is 11.8 Å². The van der Waals surface area contributed by atoms with Gasteiger partial charge in [0.25, 0.3) is 11.8 Å². The van der Waals surface area contributed by atoms with Crippen LogP contribution in [0.25, 0.3) is 0 Å². The molecule has 0 spiro atoms. The number of rotatable bonds is 5. The van der Waals surface area contributed by atoms with Crippen molar-refractivity contribution in [1.29, 1.82) is 0 Å². The molecule has 4 aliphatic heterocycles. The summed E-state index contributed by atoms with van der Waals surface area (Å²) in [5.74, 6) is -0.271. The first-order chi connectivity index (χ1) is 14.0. The van der Waals surface area contributed by atoms with E-state index in [1.807, 2.05) is 6.07 Å². The molecular formula is C21H24N4O4. The Morgan fingerprint density at radius 2 is 1.72 bits per heavy atom. The predicted molar refractivity (Wildman–Crippen MR) is 103 cm³/mol. The molecule has 5 rings (SSSR count). The fourth-order valence-corrected chi connectivity index (χ4v) is 4.82. The molecule has 0 radical (unpaired) electrons. The van der Waals surface area contributed by atoms with Crippen LogP contribution in [0, 0.1) is 11.8 Å². The van der Waals surface area contributed by atoms with Crippen molar-refractivity contribution in [2.45, 2.75) is 31.8 Å². The van der Waals surface area contributed by atoms with Crippen LogP contribution in [0.4, 0.5) is 0 Å². The average molecular weight is 396 g/mol. The third-order valence-electron chi connectivity index (χ3n) is 6.48. The molecule has 4 aliphatic rings. The Kier molecular flexibility index (Phi) is 4.48. The first-order valence-electron chi connectivity index (χ1n) is 10.3. The Morgan fingerprint density at radius 3 is 2.41 bits per heavy atom. The van der Waals surface area contributed by atoms with Crippen molar-refractivity contribution in [2.24, 2.45) is 11.8 Å². The number of benzene rings is 1. The Bertz CT molecular complexity index is 904. The SMILES string of the molecule is O=C1CCC(N2C(=O)c3ccc(CN4CC(CC5CNC5)C4)cc3C2=O)C(=O)N1. The van der Waals surface area contributed by atoms with Gasteiger partial charge in [-0.05, 0) is 55.5 Å². The van der Waals surface area contributed by atoms with Crippen molar-refractivity contribution in [3.8, 4) is 0 Å². The average Bonchev–Trinajstić information content (AvgIpc) is 2.86. The van der Waals surface area contributed by atoms with Gasteiger partial charge in [-0.25, -0.2) is 0 Å². The Labute approximate surface area is 168 Å². The molecule has 4 amide bonds. The highest BCUT2D eigenvalue weighted by molar-refractivity contribution is 6.23. The molecule has 29 heavy (non-hydrogen) atoms. The van der Waals surface area contributed by atoms with E-state index in [9.17, 15) is 19.2 Å². The number of amides is 4. The zero-order chi connectivity index (χ0) is 20.1. The molecule has 8 nitrogen and oxygen atoms in total. The summed E-state index contributed by atoms with van der Waals surface area (Å²) in [5.41, 5.74) is 1.69. The van der Waals surface area contributed by atoms with Crippen LogP contribution in [-0.2, 0) is 16.1 Å². The smallest absolute Gasteiger partial charge is 0.262 e. The summed E-state index contributed by atoms with van der Waals surface area (Å²) in [7, 11) is 0. The molecule has 1 aromatic rings. The largest absolute Gasteiger partial charge is 0.316 e. The van der Waals surface area contributed by atoms with Gasteiger partial charge in [0, 0.05) is 26.1 Å². The predicted octanol–water partition coefficient (Wildman–Crippen LogP) is 0.129. The standard InChI is InChI=1S/C21H24N4O4/c26-18-4-3-17(19(27)23-18)25-20(28)15-2-1-12(6-16(15)21(25)29)9-24-10-14(11-24)5-13-7-22-8-13/h1-2,6,13-14,17,22H,3-5,7-11H2,(H,23,26,27). The number of likely N-dealkylation sites (tertiary alicyclic amines) is 1. The van der Waals surface area contributed by atoms with Gasteiger partial charge in [-0.3, -0.25) is 34.3 Å². The second-order valence-electron chi connectivity index (χ2n) is 8.65. The summed E-state index contributed by atoms with van der Waals surface area (Å²) < 4.78 is 0. The topological polar surface area (TPSA) is 98.8 Å². The van der Waals surface area contributed by atoms with Crippen molar-refractivity contribution in [1.82, 2.24) is 20.4 Å². The van der Waals surface area contributed by atoms with E-state index in [0.29, 0.717) is 11.1 Å². The molecule has 2 N–H and O–H groups in total. The lowest BCUT2D eigenvalue weighted by Crippen LogP contribution is -2.54. The molecule has 0 bridgehead atoms. The maximum absolute atomic E-state index is 12.9. The summed E-state index contributed by atoms with van der Waals surface area (Å²) >= 11 is 0. The zero-order valence-electron chi connectivity index (χ0n) is 16.1. The van der Waals surface area contributed by atoms with Gasteiger partial charge < -0.3 is 5.32 Å². The molecule has 1 atom stereocenters. The van der Waals surface area contributed by atoms with Gasteiger partial charge in [-0.2, -0.15) is 0 Å². The molecule has 0 aromatic heterocycles. The van der Waals surface area contributed by atoms with Crippen molar-refractivity contribution in [3.05, 3.63) is 34.9 Å². The molecule has 4 heterocycles. The highest BCUT2D eigenvalue weighted by atomic mass is 16.2. The van der Waals surface area contributed by atoms with Crippen LogP contribution in [0.3, 0.4) is 0 Å². The van der Waals surface area contributed by atoms with Gasteiger partial charge in [0.1, 0.15) is 6.04 Å². The third kappa shape index (κ3) is 3.26. The van der Waals surface area contributed by atoms with Crippen molar-refractivity contribution >= 4 is 23.6 Å². The summed E-state index contributed by atoms with van der Waals surface area (Å²) in [4.78, 5) is 52.5. The molecule has 3 saturated heterocycles. The van der Waals surface area contributed by atoms with Crippen LogP contribution in [-0.4, -0.2) is 65.6 Å². The van der Waals surface area contributed by atoms with Gasteiger partial charge >= 0.3 is 0 Å². The van der Waals surface area contributed by atoms with Crippen LogP contribution in [0.1, 0.15) is 45.5 Å². The van der Waals surface area contributed by atoms with Crippen LogP contribution in [0.15, 0.2) is 18.2 Å². The number of carbonyl (C=O) groups excluding carboxylic acids is 4. The number of piperidine rings is 1. The normalized spacial score (nSPS) is 25.7. The minimum Gasteiger partial charge on any atom is -0.316 e. The van der Waals surface area contributed by atoms with Crippen molar-refractivity contribution < 1.29 is 19.2 Å². The van der Waals surface area contributed by atoms with E-state index in [1.165, 1.54) is 6.42 Å². The van der Waals surface area contributed by atoms with Gasteiger partial charge in [0.15, 0.2) is 0 Å². The first kappa shape index (κ1) is 18.4. The van der Waals surface area contributed by atoms with Crippen LogP contribution in [0.5, 0.6) is 0 Å². The third-order valence-corrected chi connectivity index (χ3v) is 6.48. The quantitative estimate of drug-likeness (QED) is 0.687. The van der Waals surface area contributed by atoms with Crippen molar-refractivity contribution in [3.63, 3.8) is 0 Å². The highest BCUT2D eigenvalue weighted by Gasteiger charge is 2.44. The molecule has 3 fully saturated rings. The van der Waals surface area contributed by atoms with E-state index < -0.39 is 23.8 Å². The number of hydrogen-bond acceptors (Lipinski definition) is 6. The Hall–Kier alpha value is -2.58. The fraction of sp³-hybridized carbons (Fsp3) is 0.524. The lowest BCUT2D eigenvalue weighted by molar-refractivity contribution is -0.136. The molecule has 1 unspecified atom stereocenters. The summed E-state index contributed by atoms with van der Waals surface area (Å²) in [6, 6.07) is 4.44. The number of fused-ring (bicyclic) bond motifs is 1. The van der Waals surface area contributed by atoms with Gasteiger partial charge in [-0.15, -0.1) is 0 Å². The molecule has 0 saturated carbocycles. The van der Waals surface area contributed by atoms with E-state index >= 15 is 0 Å². The van der Waals surface area contributed by atoms with Crippen molar-refractivity contribution in [2.75, 3.05) is 26.2 Å². The summed E-state index contributed by atoms with van der Waals surface area (Å²) in [5, 5.41) is 5.53. The monoisotopic (exact) mass is 396 g/mol. The maximum atomic E-state index is 12.9. The van der Waals surface area contributed by atoms with Crippen LogP contribution >= 0.6 is 0 Å². The van der Waals surface area contributed by atoms with Crippen LogP contribution in [0.2, 0.25) is 0 Å². The van der Waals surface area contributed by atoms with Crippen LogP contribution < -0.4 is 10.6 Å². The van der Waals surface area contributed by atoms with E-state index in [1.54, 1.807) is 12.1 Å². The molecule has 8 heteroatoms. The van der Waals surface area contributed by atoms with E-state index in [-0.39, 0.29) is 18.7 Å². The molecular weight excluding hydrogens is 372 g/mol. The Balaban J connectivity index is 1.25. The molecule has 1 aromatic carbocycles. The first-order valence-corrected chi connectivity index (χ1v) is 10.3. The minimum absolute atomic E-state index is 0.127. The lowest BCUT2D eigenvalue weighted by atomic mass is 9.85. The number of nitrogens with zero attached hydrogens (tertiary/aromatic N) is 2. The highest BCUT2D eigenvalue weighted by Crippen LogP contribution is 2.30. The second kappa shape index (κ2) is 7.03. The van der Waals surface area contributed by atoms with Gasteiger partial charge in [0.05, 0.1) is 11.1 Å². The van der Waals surface area contributed by atoms with Gasteiger partial charge in [-0.1, -0.05) is 6.07 Å². The molecule has 0 aliphatic carbocycles. The van der Waals surface area contributed by atoms with E-state index in [0.717, 1.165) is 55.0 Å². The summed E-state index contributed by atoms with van der Waals surface area (Å²) in [6.45, 7) is 5.18. The van der Waals surface area contributed by atoms with E-state index in [4.69, 9.17) is 0 Å². The molecule has 152 valence electrons. The number of nitrogens with one attached hydrogen (secondary N) is 2. The zero-order valence-corrected chi connectivity index (χ0v) is 16.1. The maximum Gasteiger partial charge on any atom is 0.262 e. The number of hydrogen-bond donors (Lipinski definition) is 2. The lowest BCUT2D eigenvalue weighted by Gasteiger charge is -2.42.